The number of anilines is 2. The number of benzene rings is 1. The van der Waals surface area contributed by atoms with Crippen molar-refractivity contribution < 1.29 is 14.0 Å². The van der Waals surface area contributed by atoms with Gasteiger partial charge in [-0.3, -0.25) is 14.5 Å². The summed E-state index contributed by atoms with van der Waals surface area (Å²) >= 11 is 0. The van der Waals surface area contributed by atoms with E-state index in [2.05, 4.69) is 5.32 Å². The number of amides is 2. The van der Waals surface area contributed by atoms with Crippen LogP contribution in [0.15, 0.2) is 18.2 Å². The molecule has 17 heavy (non-hydrogen) atoms. The van der Waals surface area contributed by atoms with E-state index >= 15 is 0 Å². The number of halogens is 1. The van der Waals surface area contributed by atoms with Crippen LogP contribution >= 0.6 is 0 Å². The van der Waals surface area contributed by atoms with Gasteiger partial charge in [-0.15, -0.1) is 0 Å². The van der Waals surface area contributed by atoms with E-state index in [4.69, 9.17) is 5.73 Å². The van der Waals surface area contributed by atoms with E-state index in [0.717, 1.165) is 4.90 Å². The van der Waals surface area contributed by atoms with Gasteiger partial charge in [0.1, 0.15) is 11.9 Å². The highest BCUT2D eigenvalue weighted by molar-refractivity contribution is 6.06. The molecule has 1 aliphatic rings. The molecule has 0 radical (unpaired) electrons. The first kappa shape index (κ1) is 11.4. The predicted molar refractivity (Wildman–Crippen MR) is 60.6 cm³/mol. The highest BCUT2D eigenvalue weighted by Crippen LogP contribution is 2.23. The number of carbonyl (C=O) groups excluding carboxylic acids is 2. The van der Waals surface area contributed by atoms with Gasteiger partial charge in [-0.1, -0.05) is 0 Å². The van der Waals surface area contributed by atoms with Crippen LogP contribution in [-0.2, 0) is 9.59 Å². The van der Waals surface area contributed by atoms with Gasteiger partial charge in [-0.25, -0.2) is 4.39 Å². The molecule has 1 aromatic carbocycles. The summed E-state index contributed by atoms with van der Waals surface area (Å²) in [6.07, 6.45) is 0.0608. The van der Waals surface area contributed by atoms with Crippen LogP contribution in [0.1, 0.15) is 6.42 Å². The molecular weight excluding hydrogens is 225 g/mol. The zero-order chi connectivity index (χ0) is 12.6. The number of hydrogen-bond acceptors (Lipinski definition) is 4. The standard InChI is InChI=1S/C11H12FN3O2/c1-15-10(16)5-9(11(15)17)14-8-4-6(12)2-3-7(8)13/h2-4,9,14H,5,13H2,1H3. The molecule has 1 aromatic rings. The molecule has 2 rings (SSSR count). The van der Waals surface area contributed by atoms with Gasteiger partial charge in [-0.2, -0.15) is 0 Å². The lowest BCUT2D eigenvalue weighted by Crippen LogP contribution is -2.32. The fourth-order valence-electron chi connectivity index (χ4n) is 1.71. The van der Waals surface area contributed by atoms with E-state index in [0.29, 0.717) is 11.4 Å². The Labute approximate surface area is 97.4 Å². The monoisotopic (exact) mass is 237 g/mol. The van der Waals surface area contributed by atoms with Gasteiger partial charge >= 0.3 is 0 Å². The van der Waals surface area contributed by atoms with Crippen LogP contribution in [-0.4, -0.2) is 29.8 Å². The third-order valence-corrected chi connectivity index (χ3v) is 2.73. The van der Waals surface area contributed by atoms with E-state index in [9.17, 15) is 14.0 Å². The fourth-order valence-corrected chi connectivity index (χ4v) is 1.71. The molecule has 2 amide bonds. The lowest BCUT2D eigenvalue weighted by Gasteiger charge is -2.14. The lowest BCUT2D eigenvalue weighted by atomic mass is 10.2. The predicted octanol–water partition coefficient (Wildman–Crippen LogP) is 0.577. The number of likely N-dealkylation sites (N-methyl/N-ethyl adjacent to an activating group) is 1. The van der Waals surface area contributed by atoms with Crippen LogP contribution < -0.4 is 11.1 Å². The fraction of sp³-hybridized carbons (Fsp3) is 0.273. The summed E-state index contributed by atoms with van der Waals surface area (Å²) in [5, 5.41) is 2.78. The van der Waals surface area contributed by atoms with Crippen LogP contribution in [0.5, 0.6) is 0 Å². The van der Waals surface area contributed by atoms with Crippen molar-refractivity contribution in [1.82, 2.24) is 4.90 Å². The molecule has 0 bridgehead atoms. The number of nitrogen functional groups attached to an aromatic ring is 1. The van der Waals surface area contributed by atoms with Crippen molar-refractivity contribution in [2.24, 2.45) is 0 Å². The highest BCUT2D eigenvalue weighted by atomic mass is 19.1. The second kappa shape index (κ2) is 4.04. The Kier molecular flexibility index (Phi) is 2.71. The van der Waals surface area contributed by atoms with Crippen molar-refractivity contribution in [1.29, 1.82) is 0 Å². The topological polar surface area (TPSA) is 75.4 Å². The summed E-state index contributed by atoms with van der Waals surface area (Å²) in [4.78, 5) is 24.0. The van der Waals surface area contributed by atoms with Crippen molar-refractivity contribution in [2.45, 2.75) is 12.5 Å². The largest absolute Gasteiger partial charge is 0.397 e. The number of imide groups is 1. The highest BCUT2D eigenvalue weighted by Gasteiger charge is 2.36. The first-order valence-electron chi connectivity index (χ1n) is 5.11. The number of nitrogens with one attached hydrogen (secondary N) is 1. The van der Waals surface area contributed by atoms with Crippen molar-refractivity contribution in [2.75, 3.05) is 18.1 Å². The number of nitrogens with two attached hydrogens (primary N) is 1. The minimum absolute atomic E-state index is 0.0608. The van der Waals surface area contributed by atoms with E-state index in [-0.39, 0.29) is 18.2 Å². The second-order valence-electron chi connectivity index (χ2n) is 3.92. The van der Waals surface area contributed by atoms with Crippen molar-refractivity contribution >= 4 is 23.2 Å². The normalized spacial score (nSPS) is 19.9. The van der Waals surface area contributed by atoms with Gasteiger partial charge in [0.25, 0.3) is 5.91 Å². The van der Waals surface area contributed by atoms with Crippen molar-refractivity contribution in [3.63, 3.8) is 0 Å². The van der Waals surface area contributed by atoms with E-state index in [1.807, 2.05) is 0 Å². The van der Waals surface area contributed by atoms with Crippen LogP contribution in [0.4, 0.5) is 15.8 Å². The maximum atomic E-state index is 13.0. The summed E-state index contributed by atoms with van der Waals surface area (Å²) in [6.45, 7) is 0. The zero-order valence-electron chi connectivity index (χ0n) is 9.24. The molecule has 1 saturated heterocycles. The molecule has 1 heterocycles. The average molecular weight is 237 g/mol. The minimum Gasteiger partial charge on any atom is -0.397 e. The third kappa shape index (κ3) is 2.06. The summed E-state index contributed by atoms with van der Waals surface area (Å²) in [5.74, 6) is -1.05. The van der Waals surface area contributed by atoms with Gasteiger partial charge in [0.05, 0.1) is 17.8 Å². The van der Waals surface area contributed by atoms with Gasteiger partial charge in [0.2, 0.25) is 5.91 Å². The van der Waals surface area contributed by atoms with Crippen molar-refractivity contribution in [3.05, 3.63) is 24.0 Å². The van der Waals surface area contributed by atoms with Crippen molar-refractivity contribution in [3.8, 4) is 0 Å². The maximum absolute atomic E-state index is 13.0. The Bertz CT molecular complexity index is 490. The molecule has 0 saturated carbocycles. The molecule has 1 unspecified atom stereocenters. The van der Waals surface area contributed by atoms with Crippen LogP contribution in [0.3, 0.4) is 0 Å². The molecule has 6 heteroatoms. The quantitative estimate of drug-likeness (QED) is 0.582. The summed E-state index contributed by atoms with van der Waals surface area (Å²) in [6, 6.07) is 3.17. The molecule has 5 nitrogen and oxygen atoms in total. The number of carbonyl (C=O) groups is 2. The maximum Gasteiger partial charge on any atom is 0.251 e. The third-order valence-electron chi connectivity index (χ3n) is 2.73. The Balaban J connectivity index is 2.19. The molecule has 1 atom stereocenters. The van der Waals surface area contributed by atoms with Gasteiger partial charge in [-0.05, 0) is 18.2 Å². The second-order valence-corrected chi connectivity index (χ2v) is 3.92. The Morgan fingerprint density at radius 2 is 2.18 bits per heavy atom. The first-order chi connectivity index (χ1) is 7.99. The Morgan fingerprint density at radius 3 is 2.76 bits per heavy atom. The summed E-state index contributed by atoms with van der Waals surface area (Å²) < 4.78 is 13.0. The number of rotatable bonds is 2. The Morgan fingerprint density at radius 1 is 1.47 bits per heavy atom. The Hall–Kier alpha value is -2.11. The molecule has 0 aromatic heterocycles. The van der Waals surface area contributed by atoms with Crippen LogP contribution in [0.2, 0.25) is 0 Å². The summed E-state index contributed by atoms with van der Waals surface area (Å²) in [7, 11) is 1.42. The average Bonchev–Trinajstić information content (AvgIpc) is 2.52. The van der Waals surface area contributed by atoms with Gasteiger partial charge in [0.15, 0.2) is 0 Å². The molecule has 90 valence electrons. The van der Waals surface area contributed by atoms with Crippen LogP contribution in [0.25, 0.3) is 0 Å². The number of hydrogen-bond donors (Lipinski definition) is 2. The van der Waals surface area contributed by atoms with E-state index in [1.165, 1.54) is 25.2 Å². The zero-order valence-corrected chi connectivity index (χ0v) is 9.24. The van der Waals surface area contributed by atoms with Crippen LogP contribution in [0, 0.1) is 5.82 Å². The SMILES string of the molecule is CN1C(=O)CC(Nc2cc(F)ccc2N)C1=O. The van der Waals surface area contributed by atoms with E-state index < -0.39 is 11.9 Å². The van der Waals surface area contributed by atoms with Gasteiger partial charge < -0.3 is 11.1 Å². The van der Waals surface area contributed by atoms with Gasteiger partial charge in [0, 0.05) is 7.05 Å². The molecular formula is C11H12FN3O2. The smallest absolute Gasteiger partial charge is 0.251 e. The van der Waals surface area contributed by atoms with E-state index in [1.54, 1.807) is 0 Å². The number of nitrogens with zero attached hydrogens (tertiary/aromatic N) is 1. The number of likely N-dealkylation sites (tertiary alicyclic amines) is 1. The molecule has 1 aliphatic heterocycles. The molecule has 3 N–H and O–H groups in total. The lowest BCUT2D eigenvalue weighted by molar-refractivity contribution is -0.136. The molecule has 1 fully saturated rings. The summed E-state index contributed by atoms with van der Waals surface area (Å²) in [5.41, 5.74) is 6.30. The molecule has 0 aliphatic carbocycles. The first-order valence-corrected chi connectivity index (χ1v) is 5.11. The molecule has 0 spiro atoms. The minimum atomic E-state index is -0.670.